The molecule has 0 spiro atoms. The van der Waals surface area contributed by atoms with E-state index < -0.39 is 0 Å². The number of aryl methyl sites for hydroxylation is 2. The Morgan fingerprint density at radius 1 is 1.22 bits per heavy atom. The van der Waals surface area contributed by atoms with Crippen molar-refractivity contribution in [2.45, 2.75) is 45.4 Å². The number of carbonyl (C=O) groups is 1. The van der Waals surface area contributed by atoms with Gasteiger partial charge in [-0.3, -0.25) is 4.79 Å². The fourth-order valence-electron chi connectivity index (χ4n) is 2.51. The monoisotopic (exact) mass is 245 g/mol. The van der Waals surface area contributed by atoms with E-state index in [1.165, 1.54) is 36.8 Å². The first-order valence-corrected chi connectivity index (χ1v) is 7.17. The van der Waals surface area contributed by atoms with Gasteiger partial charge in [-0.15, -0.1) is 0 Å². The Kier molecular flexibility index (Phi) is 4.94. The van der Waals surface area contributed by atoms with Gasteiger partial charge in [-0.05, 0) is 55.8 Å². The molecule has 0 aromatic heterocycles. The maximum Gasteiger partial charge on any atom is 0.176 e. The van der Waals surface area contributed by atoms with E-state index in [1.807, 2.05) is 6.07 Å². The van der Waals surface area contributed by atoms with Crippen LogP contribution in [0.1, 0.15) is 54.1 Å². The van der Waals surface area contributed by atoms with E-state index in [-0.39, 0.29) is 5.78 Å². The zero-order chi connectivity index (χ0) is 12.8. The number of nitrogens with one attached hydrogen (secondary N) is 1. The van der Waals surface area contributed by atoms with Gasteiger partial charge < -0.3 is 5.32 Å². The van der Waals surface area contributed by atoms with Gasteiger partial charge in [-0.2, -0.15) is 0 Å². The smallest absolute Gasteiger partial charge is 0.176 e. The van der Waals surface area contributed by atoms with Crippen molar-refractivity contribution in [2.75, 3.05) is 13.1 Å². The number of benzene rings is 1. The lowest BCUT2D eigenvalue weighted by Crippen LogP contribution is -2.24. The molecule has 0 amide bonds. The normalized spacial score (nSPS) is 14.3. The van der Waals surface area contributed by atoms with Crippen molar-refractivity contribution in [1.82, 2.24) is 5.32 Å². The van der Waals surface area contributed by atoms with Crippen LogP contribution >= 0.6 is 0 Å². The Balaban J connectivity index is 1.94. The minimum absolute atomic E-state index is 0.222. The number of ketones is 1. The number of hydrogen-bond acceptors (Lipinski definition) is 2. The van der Waals surface area contributed by atoms with Crippen LogP contribution in [0.2, 0.25) is 0 Å². The average Bonchev–Trinajstić information content (AvgIpc) is 2.43. The summed E-state index contributed by atoms with van der Waals surface area (Å²) >= 11 is 0. The van der Waals surface area contributed by atoms with Crippen LogP contribution in [0, 0.1) is 0 Å². The molecule has 0 saturated carbocycles. The van der Waals surface area contributed by atoms with Crippen molar-refractivity contribution in [3.63, 3.8) is 0 Å². The summed E-state index contributed by atoms with van der Waals surface area (Å²) < 4.78 is 0. The molecular weight excluding hydrogens is 222 g/mol. The van der Waals surface area contributed by atoms with Gasteiger partial charge in [0.05, 0.1) is 6.54 Å². The van der Waals surface area contributed by atoms with Gasteiger partial charge in [0.1, 0.15) is 0 Å². The summed E-state index contributed by atoms with van der Waals surface area (Å²) in [5, 5.41) is 3.22. The Hall–Kier alpha value is -1.15. The van der Waals surface area contributed by atoms with Gasteiger partial charge in [0.25, 0.3) is 0 Å². The lowest BCUT2D eigenvalue weighted by Gasteiger charge is -2.16. The van der Waals surface area contributed by atoms with Gasteiger partial charge in [0.2, 0.25) is 0 Å². The topological polar surface area (TPSA) is 29.1 Å². The van der Waals surface area contributed by atoms with Crippen molar-refractivity contribution in [3.05, 3.63) is 34.9 Å². The highest BCUT2D eigenvalue weighted by atomic mass is 16.1. The summed E-state index contributed by atoms with van der Waals surface area (Å²) in [6.45, 7) is 3.57. The van der Waals surface area contributed by atoms with Gasteiger partial charge in [-0.1, -0.05) is 25.5 Å². The minimum Gasteiger partial charge on any atom is -0.310 e. The molecule has 2 nitrogen and oxygen atoms in total. The summed E-state index contributed by atoms with van der Waals surface area (Å²) in [6.07, 6.45) is 7.17. The number of hydrogen-bond donors (Lipinski definition) is 1. The lowest BCUT2D eigenvalue weighted by molar-refractivity contribution is 0.0991. The van der Waals surface area contributed by atoms with E-state index in [4.69, 9.17) is 0 Å². The third kappa shape index (κ3) is 3.42. The van der Waals surface area contributed by atoms with Crippen molar-refractivity contribution in [3.8, 4) is 0 Å². The standard InChI is InChI=1S/C16H23NO/c1-2-3-10-17-12-16(18)15-9-8-13-6-4-5-7-14(13)11-15/h8-9,11,17H,2-7,10,12H2,1H3. The molecule has 1 aromatic carbocycles. The Labute approximate surface area is 110 Å². The number of rotatable bonds is 6. The predicted octanol–water partition coefficient (Wildman–Crippen LogP) is 3.14. The zero-order valence-electron chi connectivity index (χ0n) is 11.3. The van der Waals surface area contributed by atoms with Gasteiger partial charge >= 0.3 is 0 Å². The van der Waals surface area contributed by atoms with Crippen LogP contribution < -0.4 is 5.32 Å². The predicted molar refractivity (Wildman–Crippen MR) is 75.2 cm³/mol. The SMILES string of the molecule is CCCCNCC(=O)c1ccc2c(c1)CCCC2. The van der Waals surface area contributed by atoms with Crippen molar-refractivity contribution in [2.24, 2.45) is 0 Å². The summed E-state index contributed by atoms with van der Waals surface area (Å²) in [5.41, 5.74) is 3.71. The fourth-order valence-corrected chi connectivity index (χ4v) is 2.51. The zero-order valence-corrected chi connectivity index (χ0v) is 11.3. The number of carbonyl (C=O) groups excluding carboxylic acids is 1. The molecule has 0 fully saturated rings. The molecule has 0 heterocycles. The molecule has 18 heavy (non-hydrogen) atoms. The molecule has 2 rings (SSSR count). The van der Waals surface area contributed by atoms with Crippen LogP contribution in [0.15, 0.2) is 18.2 Å². The number of fused-ring (bicyclic) bond motifs is 1. The highest BCUT2D eigenvalue weighted by molar-refractivity contribution is 5.97. The van der Waals surface area contributed by atoms with Crippen LogP contribution in [0.3, 0.4) is 0 Å². The Morgan fingerprint density at radius 2 is 2.00 bits per heavy atom. The van der Waals surface area contributed by atoms with E-state index in [0.29, 0.717) is 6.54 Å². The molecular formula is C16H23NO. The second kappa shape index (κ2) is 6.69. The molecule has 2 heteroatoms. The van der Waals surface area contributed by atoms with Crippen molar-refractivity contribution in [1.29, 1.82) is 0 Å². The third-order valence-electron chi connectivity index (χ3n) is 3.66. The largest absolute Gasteiger partial charge is 0.310 e. The van der Waals surface area contributed by atoms with Crippen LogP contribution in [-0.4, -0.2) is 18.9 Å². The van der Waals surface area contributed by atoms with Gasteiger partial charge in [-0.25, -0.2) is 0 Å². The highest BCUT2D eigenvalue weighted by Crippen LogP contribution is 2.22. The van der Waals surface area contributed by atoms with Gasteiger partial charge in [0, 0.05) is 5.56 Å². The van der Waals surface area contributed by atoms with Crippen LogP contribution in [0.5, 0.6) is 0 Å². The Bertz CT molecular complexity index is 412. The second-order valence-corrected chi connectivity index (χ2v) is 5.14. The Morgan fingerprint density at radius 3 is 2.78 bits per heavy atom. The summed E-state index contributed by atoms with van der Waals surface area (Å²) in [6, 6.07) is 6.25. The lowest BCUT2D eigenvalue weighted by atomic mass is 9.90. The highest BCUT2D eigenvalue weighted by Gasteiger charge is 2.12. The number of Topliss-reactive ketones (excluding diaryl/α,β-unsaturated/α-hetero) is 1. The fraction of sp³-hybridized carbons (Fsp3) is 0.562. The van der Waals surface area contributed by atoms with E-state index in [9.17, 15) is 4.79 Å². The molecule has 1 aromatic rings. The third-order valence-corrected chi connectivity index (χ3v) is 3.66. The van der Waals surface area contributed by atoms with Gasteiger partial charge in [0.15, 0.2) is 5.78 Å². The molecule has 0 unspecified atom stereocenters. The maximum absolute atomic E-state index is 12.0. The van der Waals surface area contributed by atoms with Crippen LogP contribution in [-0.2, 0) is 12.8 Å². The summed E-state index contributed by atoms with van der Waals surface area (Å²) in [5.74, 6) is 0.222. The van der Waals surface area contributed by atoms with E-state index in [0.717, 1.165) is 24.9 Å². The molecule has 0 bridgehead atoms. The molecule has 1 N–H and O–H groups in total. The molecule has 0 aliphatic heterocycles. The quantitative estimate of drug-likeness (QED) is 0.616. The summed E-state index contributed by atoms with van der Waals surface area (Å²) in [4.78, 5) is 12.0. The first-order chi connectivity index (χ1) is 8.81. The van der Waals surface area contributed by atoms with Crippen LogP contribution in [0.4, 0.5) is 0 Å². The molecule has 0 radical (unpaired) electrons. The second-order valence-electron chi connectivity index (χ2n) is 5.14. The first kappa shape index (κ1) is 13.3. The average molecular weight is 245 g/mol. The molecule has 98 valence electrons. The van der Waals surface area contributed by atoms with Crippen molar-refractivity contribution < 1.29 is 4.79 Å². The van der Waals surface area contributed by atoms with E-state index in [2.05, 4.69) is 24.4 Å². The van der Waals surface area contributed by atoms with Crippen molar-refractivity contribution >= 4 is 5.78 Å². The first-order valence-electron chi connectivity index (χ1n) is 7.17. The maximum atomic E-state index is 12.0. The van der Waals surface area contributed by atoms with E-state index >= 15 is 0 Å². The molecule has 0 saturated heterocycles. The number of unbranched alkanes of at least 4 members (excludes halogenated alkanes) is 1. The molecule has 1 aliphatic rings. The minimum atomic E-state index is 0.222. The molecule has 1 aliphatic carbocycles. The van der Waals surface area contributed by atoms with Crippen LogP contribution in [0.25, 0.3) is 0 Å². The summed E-state index contributed by atoms with van der Waals surface area (Å²) in [7, 11) is 0. The van der Waals surface area contributed by atoms with E-state index in [1.54, 1.807) is 0 Å². The molecule has 0 atom stereocenters.